The third-order valence-corrected chi connectivity index (χ3v) is 3.88. The van der Waals surface area contributed by atoms with Crippen molar-refractivity contribution < 1.29 is 28.7 Å². The molecule has 1 aliphatic carbocycles. The minimum atomic E-state index is -0.587. The summed E-state index contributed by atoms with van der Waals surface area (Å²) in [7, 11) is 0. The van der Waals surface area contributed by atoms with Crippen LogP contribution in [0.2, 0.25) is 0 Å². The van der Waals surface area contributed by atoms with Gasteiger partial charge in [0.1, 0.15) is 0 Å². The SMILES string of the molecule is O=C1OC(=O)C2CC3C(=O)OC(=O)C3CCC12. The van der Waals surface area contributed by atoms with Crippen LogP contribution in [0.15, 0.2) is 0 Å². The molecule has 17 heavy (non-hydrogen) atoms. The second-order valence-electron chi connectivity index (χ2n) is 4.72. The van der Waals surface area contributed by atoms with Crippen molar-refractivity contribution in [2.45, 2.75) is 19.3 Å². The summed E-state index contributed by atoms with van der Waals surface area (Å²) in [6.07, 6.45) is 0.988. The first kappa shape index (κ1) is 10.4. The summed E-state index contributed by atoms with van der Waals surface area (Å²) in [6, 6.07) is 0. The molecule has 3 rings (SSSR count). The van der Waals surface area contributed by atoms with E-state index in [4.69, 9.17) is 0 Å². The number of esters is 4. The van der Waals surface area contributed by atoms with Crippen LogP contribution in [0.1, 0.15) is 19.3 Å². The van der Waals surface area contributed by atoms with Gasteiger partial charge < -0.3 is 9.47 Å². The molecule has 1 saturated carbocycles. The Morgan fingerprint density at radius 2 is 1.00 bits per heavy atom. The van der Waals surface area contributed by atoms with Crippen LogP contribution < -0.4 is 0 Å². The molecule has 4 unspecified atom stereocenters. The highest BCUT2D eigenvalue weighted by atomic mass is 16.6. The van der Waals surface area contributed by atoms with Crippen molar-refractivity contribution in [3.63, 3.8) is 0 Å². The second kappa shape index (κ2) is 3.38. The lowest BCUT2D eigenvalue weighted by Gasteiger charge is -2.10. The maximum absolute atomic E-state index is 11.5. The van der Waals surface area contributed by atoms with Crippen LogP contribution in [0.3, 0.4) is 0 Å². The fourth-order valence-corrected chi connectivity index (χ4v) is 2.95. The van der Waals surface area contributed by atoms with E-state index in [0.717, 1.165) is 0 Å². The van der Waals surface area contributed by atoms with Crippen LogP contribution in [-0.4, -0.2) is 23.9 Å². The lowest BCUT2D eigenvalue weighted by atomic mass is 9.86. The van der Waals surface area contributed by atoms with E-state index in [2.05, 4.69) is 9.47 Å². The first-order valence-corrected chi connectivity index (χ1v) is 5.59. The van der Waals surface area contributed by atoms with Crippen molar-refractivity contribution >= 4 is 23.9 Å². The number of rotatable bonds is 0. The Kier molecular flexibility index (Phi) is 2.08. The highest BCUT2D eigenvalue weighted by molar-refractivity contribution is 5.99. The van der Waals surface area contributed by atoms with Crippen molar-refractivity contribution in [3.8, 4) is 0 Å². The fourth-order valence-electron chi connectivity index (χ4n) is 2.95. The van der Waals surface area contributed by atoms with Gasteiger partial charge in [0.05, 0.1) is 23.7 Å². The third kappa shape index (κ3) is 1.40. The first-order chi connectivity index (χ1) is 8.08. The minimum absolute atomic E-state index is 0.185. The van der Waals surface area contributed by atoms with Gasteiger partial charge in [-0.05, 0) is 19.3 Å². The predicted octanol–water partition coefficient (Wildman–Crippen LogP) is -0.198. The van der Waals surface area contributed by atoms with Crippen LogP contribution in [0.4, 0.5) is 0 Å². The van der Waals surface area contributed by atoms with Gasteiger partial charge in [0.25, 0.3) is 0 Å². The zero-order valence-corrected chi connectivity index (χ0v) is 8.88. The largest absolute Gasteiger partial charge is 0.393 e. The van der Waals surface area contributed by atoms with Gasteiger partial charge in [0.15, 0.2) is 0 Å². The van der Waals surface area contributed by atoms with Crippen molar-refractivity contribution in [1.82, 2.24) is 0 Å². The number of carbonyl (C=O) groups is 4. The number of fused-ring (bicyclic) bond motifs is 2. The summed E-state index contributed by atoms with van der Waals surface area (Å²) in [4.78, 5) is 45.8. The van der Waals surface area contributed by atoms with Crippen LogP contribution in [0.25, 0.3) is 0 Å². The van der Waals surface area contributed by atoms with Crippen LogP contribution >= 0.6 is 0 Å². The second-order valence-corrected chi connectivity index (χ2v) is 4.72. The molecule has 90 valence electrons. The lowest BCUT2D eigenvalue weighted by molar-refractivity contribution is -0.155. The Morgan fingerprint density at radius 3 is 1.41 bits per heavy atom. The van der Waals surface area contributed by atoms with E-state index in [-0.39, 0.29) is 6.42 Å². The highest BCUT2D eigenvalue weighted by Crippen LogP contribution is 2.43. The van der Waals surface area contributed by atoms with E-state index < -0.39 is 47.5 Å². The van der Waals surface area contributed by atoms with Crippen LogP contribution in [0, 0.1) is 23.7 Å². The molecule has 0 radical (unpaired) electrons. The Hall–Kier alpha value is -1.72. The summed E-state index contributed by atoms with van der Waals surface area (Å²) in [5, 5.41) is 0. The van der Waals surface area contributed by atoms with Gasteiger partial charge in [-0.2, -0.15) is 0 Å². The van der Waals surface area contributed by atoms with E-state index in [1.54, 1.807) is 0 Å². The molecule has 4 atom stereocenters. The Labute approximate surface area is 96.2 Å². The smallest absolute Gasteiger partial charge is 0.317 e. The van der Waals surface area contributed by atoms with Crippen LogP contribution in [-0.2, 0) is 28.7 Å². The maximum Gasteiger partial charge on any atom is 0.317 e. The molecule has 6 nitrogen and oxygen atoms in total. The average molecular weight is 238 g/mol. The van der Waals surface area contributed by atoms with Gasteiger partial charge in [-0.3, -0.25) is 19.2 Å². The molecular formula is C11H10O6. The zero-order valence-electron chi connectivity index (χ0n) is 8.88. The van der Waals surface area contributed by atoms with Gasteiger partial charge in [0, 0.05) is 0 Å². The van der Waals surface area contributed by atoms with Crippen molar-refractivity contribution in [1.29, 1.82) is 0 Å². The standard InChI is InChI=1S/C11H10O6/c12-8-4-1-2-5-7(11(15)17-9(5)13)3-6(4)10(14)16-8/h4-7H,1-3H2. The van der Waals surface area contributed by atoms with Gasteiger partial charge >= 0.3 is 23.9 Å². The van der Waals surface area contributed by atoms with Gasteiger partial charge in [-0.15, -0.1) is 0 Å². The van der Waals surface area contributed by atoms with E-state index >= 15 is 0 Å². The average Bonchev–Trinajstić information content (AvgIpc) is 2.59. The number of carbonyl (C=O) groups excluding carboxylic acids is 4. The number of hydrogen-bond acceptors (Lipinski definition) is 6. The highest BCUT2D eigenvalue weighted by Gasteiger charge is 2.54. The van der Waals surface area contributed by atoms with Crippen molar-refractivity contribution in [3.05, 3.63) is 0 Å². The van der Waals surface area contributed by atoms with E-state index in [9.17, 15) is 19.2 Å². The van der Waals surface area contributed by atoms with Gasteiger partial charge in [-0.25, -0.2) is 0 Å². The number of hydrogen-bond donors (Lipinski definition) is 0. The monoisotopic (exact) mass is 238 g/mol. The molecule has 0 aromatic heterocycles. The maximum atomic E-state index is 11.5. The summed E-state index contributed by atoms with van der Waals surface area (Å²) in [5.41, 5.74) is 0. The normalized spacial score (nSPS) is 40.5. The molecule has 3 aliphatic rings. The zero-order chi connectivity index (χ0) is 12.2. The minimum Gasteiger partial charge on any atom is -0.393 e. The molecule has 2 saturated heterocycles. The molecular weight excluding hydrogens is 228 g/mol. The third-order valence-electron chi connectivity index (χ3n) is 3.88. The summed E-state index contributed by atoms with van der Waals surface area (Å²) in [5.74, 6) is -4.36. The molecule has 2 aliphatic heterocycles. The van der Waals surface area contributed by atoms with Gasteiger partial charge in [0.2, 0.25) is 0 Å². The summed E-state index contributed by atoms with van der Waals surface area (Å²) >= 11 is 0. The van der Waals surface area contributed by atoms with E-state index in [1.807, 2.05) is 0 Å². The molecule has 3 fully saturated rings. The molecule has 0 amide bonds. The topological polar surface area (TPSA) is 86.7 Å². The summed E-state index contributed by atoms with van der Waals surface area (Å²) in [6.45, 7) is 0. The number of ether oxygens (including phenoxy) is 2. The molecule has 2 heterocycles. The van der Waals surface area contributed by atoms with Gasteiger partial charge in [-0.1, -0.05) is 0 Å². The predicted molar refractivity (Wildman–Crippen MR) is 50.0 cm³/mol. The fraction of sp³-hybridized carbons (Fsp3) is 0.636. The molecule has 0 aromatic rings. The first-order valence-electron chi connectivity index (χ1n) is 5.59. The van der Waals surface area contributed by atoms with Crippen molar-refractivity contribution in [2.75, 3.05) is 0 Å². The molecule has 0 spiro atoms. The van der Waals surface area contributed by atoms with E-state index in [0.29, 0.717) is 12.8 Å². The number of cyclic esters (lactones) is 4. The summed E-state index contributed by atoms with van der Waals surface area (Å²) < 4.78 is 9.12. The van der Waals surface area contributed by atoms with Crippen molar-refractivity contribution in [2.24, 2.45) is 23.7 Å². The Morgan fingerprint density at radius 1 is 0.647 bits per heavy atom. The van der Waals surface area contributed by atoms with E-state index in [1.165, 1.54) is 0 Å². The molecule has 0 bridgehead atoms. The lowest BCUT2D eigenvalue weighted by Crippen LogP contribution is -2.22. The molecule has 6 heteroatoms. The molecule has 0 aromatic carbocycles. The Balaban J connectivity index is 1.91. The molecule has 0 N–H and O–H groups in total. The quantitative estimate of drug-likeness (QED) is 0.429. The van der Waals surface area contributed by atoms with Crippen LogP contribution in [0.5, 0.6) is 0 Å². The Bertz CT molecular complexity index is 399.